The van der Waals surface area contributed by atoms with Crippen LogP contribution >= 0.6 is 34.5 Å². The maximum absolute atomic E-state index is 12.8. The van der Waals surface area contributed by atoms with Crippen LogP contribution in [0.15, 0.2) is 42.5 Å². The van der Waals surface area contributed by atoms with Crippen LogP contribution in [0.1, 0.15) is 30.0 Å². The minimum Gasteiger partial charge on any atom is -0.461 e. The fraction of sp³-hybridized carbons (Fsp3) is 0.227. The first-order chi connectivity index (χ1) is 14.9. The number of hydrogen-bond acceptors (Lipinski definition) is 6. The summed E-state index contributed by atoms with van der Waals surface area (Å²) in [4.78, 5) is 14.5. The number of benzene rings is 2. The van der Waals surface area contributed by atoms with Crippen LogP contribution < -0.4 is 10.1 Å². The summed E-state index contributed by atoms with van der Waals surface area (Å²) in [5.74, 6) is 0.515. The molecule has 5 nitrogen and oxygen atoms in total. The SMILES string of the molecule is CC(C)Oc1nc(Nc2ccc(CF)cc2)c2nc(Cc3c(Cl)cccc3Cl)sc2n1. The standard InChI is InChI=1S/C22H19Cl2FN4OS/c1-12(2)30-22-28-20(26-14-8-6-13(11-25)7-9-14)19-21(29-22)31-18(27-19)10-15-16(23)4-3-5-17(15)24/h3-9,12H,10-11H2,1-2H3,(H,26,28,29). The van der Waals surface area contributed by atoms with Crippen molar-refractivity contribution in [1.29, 1.82) is 0 Å². The quantitative estimate of drug-likeness (QED) is 0.311. The predicted octanol–water partition coefficient (Wildman–Crippen LogP) is 6.98. The van der Waals surface area contributed by atoms with E-state index in [2.05, 4.69) is 15.3 Å². The Morgan fingerprint density at radius 1 is 1.03 bits per heavy atom. The summed E-state index contributed by atoms with van der Waals surface area (Å²) in [6.07, 6.45) is 0.397. The van der Waals surface area contributed by atoms with Crippen LogP contribution in [-0.2, 0) is 13.1 Å². The van der Waals surface area contributed by atoms with E-state index in [9.17, 15) is 4.39 Å². The third-order valence-corrected chi connectivity index (χ3v) is 6.04. The Hall–Kier alpha value is -2.48. The number of nitrogens with zero attached hydrogens (tertiary/aromatic N) is 3. The van der Waals surface area contributed by atoms with E-state index in [1.54, 1.807) is 36.4 Å². The molecule has 0 fully saturated rings. The van der Waals surface area contributed by atoms with Gasteiger partial charge in [-0.1, -0.05) is 52.7 Å². The lowest BCUT2D eigenvalue weighted by molar-refractivity contribution is 0.223. The van der Waals surface area contributed by atoms with Crippen molar-refractivity contribution in [3.8, 4) is 6.01 Å². The molecule has 0 saturated heterocycles. The lowest BCUT2D eigenvalue weighted by atomic mass is 10.1. The van der Waals surface area contributed by atoms with Crippen LogP contribution in [0.3, 0.4) is 0 Å². The first-order valence-corrected chi connectivity index (χ1v) is 11.2. The van der Waals surface area contributed by atoms with E-state index in [0.29, 0.717) is 38.2 Å². The number of halogens is 3. The van der Waals surface area contributed by atoms with E-state index in [4.69, 9.17) is 32.9 Å². The number of nitrogens with one attached hydrogen (secondary N) is 1. The van der Waals surface area contributed by atoms with Crippen LogP contribution in [0.5, 0.6) is 6.01 Å². The van der Waals surface area contributed by atoms with Crippen LogP contribution in [0.2, 0.25) is 10.0 Å². The molecule has 1 N–H and O–H groups in total. The Kier molecular flexibility index (Phi) is 6.55. The van der Waals surface area contributed by atoms with Crippen molar-refractivity contribution in [2.45, 2.75) is 33.0 Å². The van der Waals surface area contributed by atoms with E-state index in [0.717, 1.165) is 16.3 Å². The minimum atomic E-state index is -0.509. The molecule has 4 aromatic rings. The Labute approximate surface area is 193 Å². The number of rotatable bonds is 7. The molecule has 0 aliphatic carbocycles. The van der Waals surface area contributed by atoms with E-state index in [-0.39, 0.29) is 12.1 Å². The highest BCUT2D eigenvalue weighted by atomic mass is 35.5. The van der Waals surface area contributed by atoms with Crippen LogP contribution in [0.25, 0.3) is 10.3 Å². The van der Waals surface area contributed by atoms with E-state index < -0.39 is 6.67 Å². The third kappa shape index (κ3) is 5.06. The van der Waals surface area contributed by atoms with Crippen LogP contribution in [-0.4, -0.2) is 21.1 Å². The highest BCUT2D eigenvalue weighted by Crippen LogP contribution is 2.33. The summed E-state index contributed by atoms with van der Waals surface area (Å²) < 4.78 is 18.5. The second-order valence-corrected chi connectivity index (χ2v) is 8.99. The molecule has 2 heterocycles. The molecule has 0 amide bonds. The summed E-state index contributed by atoms with van der Waals surface area (Å²) in [7, 11) is 0. The largest absolute Gasteiger partial charge is 0.461 e. The molecule has 0 bridgehead atoms. The summed E-state index contributed by atoms with van der Waals surface area (Å²) in [5, 5.41) is 5.23. The third-order valence-electron chi connectivity index (χ3n) is 4.38. The molecule has 160 valence electrons. The second-order valence-electron chi connectivity index (χ2n) is 7.12. The molecule has 9 heteroatoms. The van der Waals surface area contributed by atoms with Gasteiger partial charge in [0.25, 0.3) is 0 Å². The maximum atomic E-state index is 12.8. The van der Waals surface area contributed by atoms with E-state index >= 15 is 0 Å². The summed E-state index contributed by atoms with van der Waals surface area (Å²) in [5.41, 5.74) is 2.80. The highest BCUT2D eigenvalue weighted by molar-refractivity contribution is 7.18. The summed E-state index contributed by atoms with van der Waals surface area (Å²) >= 11 is 14.1. The van der Waals surface area contributed by atoms with Crippen molar-refractivity contribution in [1.82, 2.24) is 15.0 Å². The molecular formula is C22H19Cl2FN4OS. The molecule has 0 spiro atoms. The van der Waals surface area contributed by atoms with Gasteiger partial charge in [-0.2, -0.15) is 9.97 Å². The Balaban J connectivity index is 1.73. The van der Waals surface area contributed by atoms with Crippen molar-refractivity contribution in [3.63, 3.8) is 0 Å². The lowest BCUT2D eigenvalue weighted by Gasteiger charge is -2.11. The number of ether oxygens (including phenoxy) is 1. The van der Waals surface area contributed by atoms with Crippen molar-refractivity contribution >= 4 is 56.4 Å². The van der Waals surface area contributed by atoms with E-state index in [1.807, 2.05) is 19.9 Å². The molecule has 31 heavy (non-hydrogen) atoms. The molecular weight excluding hydrogens is 458 g/mol. The van der Waals surface area contributed by atoms with Crippen molar-refractivity contribution in [2.24, 2.45) is 0 Å². The van der Waals surface area contributed by atoms with Gasteiger partial charge in [0.1, 0.15) is 17.2 Å². The van der Waals surface area contributed by atoms with Gasteiger partial charge in [0, 0.05) is 22.2 Å². The van der Waals surface area contributed by atoms with Crippen LogP contribution in [0, 0.1) is 0 Å². The van der Waals surface area contributed by atoms with Crippen LogP contribution in [0.4, 0.5) is 15.9 Å². The molecule has 0 saturated carbocycles. The number of fused-ring (bicyclic) bond motifs is 1. The fourth-order valence-electron chi connectivity index (χ4n) is 2.94. The Bertz CT molecular complexity index is 1190. The van der Waals surface area contributed by atoms with Crippen molar-refractivity contribution in [3.05, 3.63) is 68.6 Å². The zero-order valence-electron chi connectivity index (χ0n) is 16.8. The van der Waals surface area contributed by atoms with Gasteiger partial charge in [0.05, 0.1) is 6.10 Å². The van der Waals surface area contributed by atoms with E-state index in [1.165, 1.54) is 11.3 Å². The number of aromatic nitrogens is 3. The molecule has 2 aromatic carbocycles. The number of hydrogen-bond donors (Lipinski definition) is 1. The number of thiazole rings is 1. The predicted molar refractivity (Wildman–Crippen MR) is 125 cm³/mol. The summed E-state index contributed by atoms with van der Waals surface area (Å²) in [6.45, 7) is 3.31. The zero-order chi connectivity index (χ0) is 22.0. The van der Waals surface area contributed by atoms with Gasteiger partial charge in [-0.05, 0) is 49.2 Å². The van der Waals surface area contributed by atoms with Gasteiger partial charge < -0.3 is 10.1 Å². The average molecular weight is 477 g/mol. The molecule has 0 aliphatic heterocycles. The normalized spacial score (nSPS) is 11.3. The molecule has 4 rings (SSSR count). The Morgan fingerprint density at radius 3 is 2.39 bits per heavy atom. The smallest absolute Gasteiger partial charge is 0.320 e. The molecule has 0 atom stereocenters. The molecule has 0 radical (unpaired) electrons. The van der Waals surface area contributed by atoms with Gasteiger partial charge in [0.2, 0.25) is 0 Å². The number of alkyl halides is 1. The van der Waals surface area contributed by atoms with Gasteiger partial charge in [-0.3, -0.25) is 0 Å². The maximum Gasteiger partial charge on any atom is 0.320 e. The highest BCUT2D eigenvalue weighted by Gasteiger charge is 2.17. The zero-order valence-corrected chi connectivity index (χ0v) is 19.2. The fourth-order valence-corrected chi connectivity index (χ4v) is 4.41. The van der Waals surface area contributed by atoms with Crippen molar-refractivity contribution < 1.29 is 9.13 Å². The second kappa shape index (κ2) is 9.34. The van der Waals surface area contributed by atoms with Gasteiger partial charge in [-0.25, -0.2) is 9.37 Å². The lowest BCUT2D eigenvalue weighted by Crippen LogP contribution is -2.09. The number of anilines is 2. The molecule has 0 unspecified atom stereocenters. The van der Waals surface area contributed by atoms with Gasteiger partial charge >= 0.3 is 6.01 Å². The van der Waals surface area contributed by atoms with Gasteiger partial charge in [0.15, 0.2) is 10.6 Å². The minimum absolute atomic E-state index is 0.0801. The average Bonchev–Trinajstić information content (AvgIpc) is 3.14. The Morgan fingerprint density at radius 2 is 1.74 bits per heavy atom. The molecule has 0 aliphatic rings. The molecule has 2 aromatic heterocycles. The topological polar surface area (TPSA) is 59.9 Å². The first-order valence-electron chi connectivity index (χ1n) is 9.62. The van der Waals surface area contributed by atoms with Gasteiger partial charge in [-0.15, -0.1) is 0 Å². The first kappa shape index (κ1) is 21.7. The monoisotopic (exact) mass is 476 g/mol. The summed E-state index contributed by atoms with van der Waals surface area (Å²) in [6, 6.07) is 12.7. The van der Waals surface area contributed by atoms with Crippen molar-refractivity contribution in [2.75, 3.05) is 5.32 Å².